The number of carbonyl (C=O) groups excluding carboxylic acids is 1. The molecule has 4 nitrogen and oxygen atoms in total. The molecule has 3 aromatic carbocycles. The molecule has 1 aromatic heterocycles. The second-order valence-electron chi connectivity index (χ2n) is 6.88. The van der Waals surface area contributed by atoms with Gasteiger partial charge in [0.25, 0.3) is 5.91 Å². The van der Waals surface area contributed by atoms with Gasteiger partial charge in [-0.1, -0.05) is 74.5 Å². The number of amides is 1. The number of hydrazone groups is 1. The van der Waals surface area contributed by atoms with Crippen LogP contribution in [0, 0.1) is 0 Å². The standard InChI is InChI=1S/C23H21N3O/c1-15(2)21-19-12-5-6-13-20(19)25-22(21)23(27)26-24-14-17-10-7-9-16-8-3-4-11-18(16)17/h3-15,25H,1-2H3,(H,26,27). The van der Waals surface area contributed by atoms with Gasteiger partial charge < -0.3 is 4.98 Å². The van der Waals surface area contributed by atoms with E-state index in [4.69, 9.17) is 0 Å². The molecule has 1 heterocycles. The average molecular weight is 355 g/mol. The molecular weight excluding hydrogens is 334 g/mol. The van der Waals surface area contributed by atoms with E-state index in [9.17, 15) is 4.79 Å². The summed E-state index contributed by atoms with van der Waals surface area (Å²) in [5, 5.41) is 7.52. The number of H-pyrrole nitrogens is 1. The third-order valence-corrected chi connectivity index (χ3v) is 4.74. The maximum absolute atomic E-state index is 12.7. The van der Waals surface area contributed by atoms with Crippen molar-refractivity contribution >= 4 is 33.8 Å². The van der Waals surface area contributed by atoms with E-state index in [-0.39, 0.29) is 11.8 Å². The first kappa shape index (κ1) is 17.0. The quantitative estimate of drug-likeness (QED) is 0.383. The van der Waals surface area contributed by atoms with E-state index in [1.165, 1.54) is 0 Å². The van der Waals surface area contributed by atoms with Crippen molar-refractivity contribution in [1.82, 2.24) is 10.4 Å². The van der Waals surface area contributed by atoms with Crippen LogP contribution in [0.25, 0.3) is 21.7 Å². The van der Waals surface area contributed by atoms with Crippen LogP contribution in [0.5, 0.6) is 0 Å². The number of nitrogens with one attached hydrogen (secondary N) is 2. The summed E-state index contributed by atoms with van der Waals surface area (Å²) >= 11 is 0. The van der Waals surface area contributed by atoms with Gasteiger partial charge in [-0.3, -0.25) is 4.79 Å². The van der Waals surface area contributed by atoms with E-state index in [1.54, 1.807) is 6.21 Å². The van der Waals surface area contributed by atoms with E-state index in [0.717, 1.165) is 32.8 Å². The molecule has 0 spiro atoms. The Morgan fingerprint density at radius 1 is 0.963 bits per heavy atom. The Bertz CT molecular complexity index is 1150. The lowest BCUT2D eigenvalue weighted by Crippen LogP contribution is -2.19. The molecule has 27 heavy (non-hydrogen) atoms. The van der Waals surface area contributed by atoms with Crippen LogP contribution in [0.15, 0.2) is 71.8 Å². The van der Waals surface area contributed by atoms with E-state index in [2.05, 4.69) is 41.5 Å². The topological polar surface area (TPSA) is 57.2 Å². The van der Waals surface area contributed by atoms with Gasteiger partial charge >= 0.3 is 0 Å². The average Bonchev–Trinajstić information content (AvgIpc) is 3.08. The van der Waals surface area contributed by atoms with Crippen molar-refractivity contribution in [3.05, 3.63) is 83.6 Å². The third kappa shape index (κ3) is 3.22. The summed E-state index contributed by atoms with van der Waals surface area (Å²) in [5.74, 6) is -0.00432. The predicted molar refractivity (Wildman–Crippen MR) is 111 cm³/mol. The van der Waals surface area contributed by atoms with Crippen molar-refractivity contribution in [3.63, 3.8) is 0 Å². The molecule has 0 bridgehead atoms. The molecule has 0 atom stereocenters. The van der Waals surface area contributed by atoms with Gasteiger partial charge in [0.1, 0.15) is 5.69 Å². The van der Waals surface area contributed by atoms with Gasteiger partial charge in [0.15, 0.2) is 0 Å². The number of nitrogens with zero attached hydrogens (tertiary/aromatic N) is 1. The van der Waals surface area contributed by atoms with E-state index >= 15 is 0 Å². The first-order valence-corrected chi connectivity index (χ1v) is 9.07. The summed E-state index contributed by atoms with van der Waals surface area (Å²) in [6, 6.07) is 22.1. The van der Waals surface area contributed by atoms with Crippen LogP contribution in [0.1, 0.15) is 41.4 Å². The van der Waals surface area contributed by atoms with E-state index in [0.29, 0.717) is 5.69 Å². The van der Waals surface area contributed by atoms with Gasteiger partial charge in [-0.25, -0.2) is 5.43 Å². The number of rotatable bonds is 4. The Morgan fingerprint density at radius 2 is 1.67 bits per heavy atom. The van der Waals surface area contributed by atoms with Crippen molar-refractivity contribution in [2.45, 2.75) is 19.8 Å². The minimum atomic E-state index is -0.230. The fourth-order valence-electron chi connectivity index (χ4n) is 3.52. The second kappa shape index (κ2) is 7.08. The van der Waals surface area contributed by atoms with Gasteiger partial charge in [-0.15, -0.1) is 0 Å². The minimum absolute atomic E-state index is 0.226. The monoisotopic (exact) mass is 355 g/mol. The maximum atomic E-state index is 12.7. The highest BCUT2D eigenvalue weighted by Gasteiger charge is 2.19. The van der Waals surface area contributed by atoms with Crippen LogP contribution in [-0.2, 0) is 0 Å². The van der Waals surface area contributed by atoms with Gasteiger partial charge in [0.05, 0.1) is 6.21 Å². The molecule has 0 radical (unpaired) electrons. The Hall–Kier alpha value is -3.40. The number of para-hydroxylation sites is 1. The Morgan fingerprint density at radius 3 is 2.48 bits per heavy atom. The van der Waals surface area contributed by atoms with Crippen molar-refractivity contribution in [3.8, 4) is 0 Å². The zero-order valence-electron chi connectivity index (χ0n) is 15.4. The molecule has 0 aliphatic heterocycles. The number of fused-ring (bicyclic) bond motifs is 2. The Kier molecular flexibility index (Phi) is 4.47. The fourth-order valence-corrected chi connectivity index (χ4v) is 3.52. The summed E-state index contributed by atoms with van der Waals surface area (Å²) in [4.78, 5) is 16.0. The van der Waals surface area contributed by atoms with E-state index in [1.807, 2.05) is 54.6 Å². The molecule has 0 aliphatic carbocycles. The summed E-state index contributed by atoms with van der Waals surface area (Å²) in [5.41, 5.74) is 6.18. The van der Waals surface area contributed by atoms with Crippen molar-refractivity contribution in [1.29, 1.82) is 0 Å². The van der Waals surface area contributed by atoms with Gasteiger partial charge in [-0.05, 0) is 28.3 Å². The highest BCUT2D eigenvalue weighted by molar-refractivity contribution is 6.03. The summed E-state index contributed by atoms with van der Waals surface area (Å²) in [7, 11) is 0. The molecule has 4 aromatic rings. The molecule has 2 N–H and O–H groups in total. The number of aromatic amines is 1. The van der Waals surface area contributed by atoms with E-state index < -0.39 is 0 Å². The maximum Gasteiger partial charge on any atom is 0.288 e. The van der Waals surface area contributed by atoms with Crippen LogP contribution in [0.2, 0.25) is 0 Å². The van der Waals surface area contributed by atoms with Gasteiger partial charge in [0, 0.05) is 16.5 Å². The molecule has 4 rings (SSSR count). The minimum Gasteiger partial charge on any atom is -0.350 e. The van der Waals surface area contributed by atoms with Gasteiger partial charge in [-0.2, -0.15) is 5.10 Å². The first-order chi connectivity index (χ1) is 13.1. The Balaban J connectivity index is 1.62. The molecule has 0 saturated heterocycles. The summed E-state index contributed by atoms with van der Waals surface area (Å²) in [6.45, 7) is 4.18. The number of aromatic nitrogens is 1. The lowest BCUT2D eigenvalue weighted by Gasteiger charge is -2.07. The van der Waals surface area contributed by atoms with Crippen molar-refractivity contribution < 1.29 is 4.79 Å². The van der Waals surface area contributed by atoms with Crippen molar-refractivity contribution in [2.75, 3.05) is 0 Å². The molecule has 4 heteroatoms. The predicted octanol–water partition coefficient (Wildman–Crippen LogP) is 5.21. The summed E-state index contributed by atoms with van der Waals surface area (Å²) in [6.07, 6.45) is 1.69. The van der Waals surface area contributed by atoms with Crippen LogP contribution in [0.4, 0.5) is 0 Å². The lowest BCUT2D eigenvalue weighted by atomic mass is 9.99. The van der Waals surface area contributed by atoms with Crippen LogP contribution < -0.4 is 5.43 Å². The molecular formula is C23H21N3O. The van der Waals surface area contributed by atoms with Crippen LogP contribution in [0.3, 0.4) is 0 Å². The van der Waals surface area contributed by atoms with Crippen molar-refractivity contribution in [2.24, 2.45) is 5.10 Å². The highest BCUT2D eigenvalue weighted by atomic mass is 16.2. The third-order valence-electron chi connectivity index (χ3n) is 4.74. The van der Waals surface area contributed by atoms with Gasteiger partial charge in [0.2, 0.25) is 0 Å². The molecule has 0 fully saturated rings. The lowest BCUT2D eigenvalue weighted by molar-refractivity contribution is 0.0949. The molecule has 0 unspecified atom stereocenters. The normalized spacial score (nSPS) is 11.7. The summed E-state index contributed by atoms with van der Waals surface area (Å²) < 4.78 is 0. The fraction of sp³-hybridized carbons (Fsp3) is 0.130. The molecule has 1 amide bonds. The second-order valence-corrected chi connectivity index (χ2v) is 6.88. The first-order valence-electron chi connectivity index (χ1n) is 9.07. The smallest absolute Gasteiger partial charge is 0.288 e. The number of hydrogen-bond acceptors (Lipinski definition) is 2. The molecule has 134 valence electrons. The SMILES string of the molecule is CC(C)c1c(C(=O)NN=Cc2cccc3ccccc23)[nH]c2ccccc12. The zero-order chi connectivity index (χ0) is 18.8. The van der Waals surface area contributed by atoms with Crippen LogP contribution in [-0.4, -0.2) is 17.1 Å². The zero-order valence-corrected chi connectivity index (χ0v) is 15.4. The number of carbonyl (C=O) groups is 1. The number of hydrogen-bond donors (Lipinski definition) is 2. The largest absolute Gasteiger partial charge is 0.350 e. The highest BCUT2D eigenvalue weighted by Crippen LogP contribution is 2.29. The molecule has 0 aliphatic rings. The number of benzene rings is 3. The molecule has 0 saturated carbocycles. The Labute approximate surface area is 157 Å². The van der Waals surface area contributed by atoms with Crippen LogP contribution >= 0.6 is 0 Å².